The fourth-order valence-electron chi connectivity index (χ4n) is 3.55. The largest absolute Gasteiger partial charge is 0.335 e. The standard InChI is InChI=1S/C21H19FN4S2.2ClH/c22-16-6-3-4-14(8-16)9-17-11-26-18(13-28-21(26)24-17)12-27-20-23-10-15-5-1-2-7-19(15)25-20;;/h1-8,13,17H,9-12H2,(H,23,25);2*1H. The quantitative estimate of drug-likeness (QED) is 0.619. The fraction of sp³-hybridized carbons (Fsp3) is 0.238. The van der Waals surface area contributed by atoms with Crippen molar-refractivity contribution < 1.29 is 4.39 Å². The zero-order valence-corrected chi connectivity index (χ0v) is 19.2. The van der Waals surface area contributed by atoms with Crippen molar-refractivity contribution in [3.63, 3.8) is 0 Å². The number of nitrogens with zero attached hydrogens (tertiary/aromatic N) is 3. The van der Waals surface area contributed by atoms with Crippen molar-refractivity contribution in [2.75, 3.05) is 17.6 Å². The summed E-state index contributed by atoms with van der Waals surface area (Å²) in [6.07, 6.45) is 0.768. The summed E-state index contributed by atoms with van der Waals surface area (Å²) in [5, 5.41) is 7.62. The highest BCUT2D eigenvalue weighted by Crippen LogP contribution is 2.34. The molecule has 0 aliphatic carbocycles. The molecule has 0 aromatic heterocycles. The van der Waals surface area contributed by atoms with Crippen LogP contribution >= 0.6 is 48.3 Å². The van der Waals surface area contributed by atoms with Gasteiger partial charge >= 0.3 is 0 Å². The summed E-state index contributed by atoms with van der Waals surface area (Å²) >= 11 is 3.41. The van der Waals surface area contributed by atoms with Gasteiger partial charge in [0.05, 0.1) is 12.6 Å². The maximum Gasteiger partial charge on any atom is 0.168 e. The van der Waals surface area contributed by atoms with Crippen molar-refractivity contribution in [3.05, 3.63) is 76.6 Å². The van der Waals surface area contributed by atoms with Gasteiger partial charge in [0.1, 0.15) is 5.82 Å². The van der Waals surface area contributed by atoms with E-state index in [-0.39, 0.29) is 36.7 Å². The number of fused-ring (bicyclic) bond motifs is 2. The van der Waals surface area contributed by atoms with Crippen LogP contribution in [0.15, 0.2) is 69.6 Å². The average Bonchev–Trinajstić information content (AvgIpc) is 3.26. The highest BCUT2D eigenvalue weighted by Gasteiger charge is 2.32. The van der Waals surface area contributed by atoms with Crippen LogP contribution in [-0.2, 0) is 13.0 Å². The molecule has 30 heavy (non-hydrogen) atoms. The van der Waals surface area contributed by atoms with Crippen LogP contribution in [0.5, 0.6) is 0 Å². The van der Waals surface area contributed by atoms with E-state index in [0.29, 0.717) is 0 Å². The Hall–Kier alpha value is -1.67. The molecule has 0 radical (unpaired) electrons. The lowest BCUT2D eigenvalue weighted by atomic mass is 10.1. The summed E-state index contributed by atoms with van der Waals surface area (Å²) in [5.74, 6) is 0.671. The third kappa shape index (κ3) is 4.97. The Morgan fingerprint density at radius 2 is 2.03 bits per heavy atom. The van der Waals surface area contributed by atoms with E-state index in [4.69, 9.17) is 4.99 Å². The summed E-state index contributed by atoms with van der Waals surface area (Å²) in [7, 11) is 0. The van der Waals surface area contributed by atoms with E-state index in [0.717, 1.165) is 46.8 Å². The molecule has 0 fully saturated rings. The topological polar surface area (TPSA) is 40.0 Å². The predicted octanol–water partition coefficient (Wildman–Crippen LogP) is 5.56. The van der Waals surface area contributed by atoms with Crippen LogP contribution in [0.1, 0.15) is 11.1 Å². The second-order valence-electron chi connectivity index (χ2n) is 6.93. The van der Waals surface area contributed by atoms with E-state index in [9.17, 15) is 4.39 Å². The summed E-state index contributed by atoms with van der Waals surface area (Å²) in [5.41, 5.74) is 4.64. The second-order valence-corrected chi connectivity index (χ2v) is 8.73. The van der Waals surface area contributed by atoms with Crippen molar-refractivity contribution in [2.24, 2.45) is 9.98 Å². The summed E-state index contributed by atoms with van der Waals surface area (Å²) < 4.78 is 13.4. The number of hydrogen-bond donors (Lipinski definition) is 1. The van der Waals surface area contributed by atoms with Crippen LogP contribution in [0.3, 0.4) is 0 Å². The molecule has 158 valence electrons. The minimum absolute atomic E-state index is 0. The molecule has 1 unspecified atom stereocenters. The number of thioether (sulfide) groups is 2. The number of rotatable bonds is 4. The van der Waals surface area contributed by atoms with Gasteiger partial charge in [-0.2, -0.15) is 0 Å². The molecule has 9 heteroatoms. The third-order valence-electron chi connectivity index (χ3n) is 4.93. The Morgan fingerprint density at radius 1 is 1.17 bits per heavy atom. The molecule has 0 spiro atoms. The maximum absolute atomic E-state index is 13.4. The van der Waals surface area contributed by atoms with E-state index >= 15 is 0 Å². The molecule has 3 heterocycles. The molecule has 0 bridgehead atoms. The molecule has 4 nitrogen and oxygen atoms in total. The lowest BCUT2D eigenvalue weighted by Gasteiger charge is -2.20. The fourth-order valence-corrected chi connectivity index (χ4v) is 5.50. The first kappa shape index (κ1) is 23.0. The van der Waals surface area contributed by atoms with Gasteiger partial charge in [0.25, 0.3) is 0 Å². The van der Waals surface area contributed by atoms with Crippen molar-refractivity contribution in [1.82, 2.24) is 4.90 Å². The zero-order chi connectivity index (χ0) is 18.9. The lowest BCUT2D eigenvalue weighted by Crippen LogP contribution is -2.26. The molecular weight excluding hydrogens is 462 g/mol. The summed E-state index contributed by atoms with van der Waals surface area (Å²) in [6, 6.07) is 15.3. The maximum atomic E-state index is 13.4. The Labute approximate surface area is 196 Å². The molecule has 1 N–H and O–H groups in total. The van der Waals surface area contributed by atoms with E-state index in [1.54, 1.807) is 35.7 Å². The minimum Gasteiger partial charge on any atom is -0.335 e. The van der Waals surface area contributed by atoms with Crippen LogP contribution in [0.25, 0.3) is 0 Å². The van der Waals surface area contributed by atoms with Gasteiger partial charge < -0.3 is 10.2 Å². The van der Waals surface area contributed by atoms with E-state index < -0.39 is 0 Å². The first-order valence-corrected chi connectivity index (χ1v) is 11.1. The number of anilines is 1. The van der Waals surface area contributed by atoms with Gasteiger partial charge in [0.15, 0.2) is 10.3 Å². The molecule has 1 atom stereocenters. The molecule has 0 saturated carbocycles. The smallest absolute Gasteiger partial charge is 0.168 e. The van der Waals surface area contributed by atoms with Crippen molar-refractivity contribution in [2.45, 2.75) is 19.0 Å². The highest BCUT2D eigenvalue weighted by molar-refractivity contribution is 8.17. The molecule has 3 aliphatic rings. The van der Waals surface area contributed by atoms with Gasteiger partial charge in [0.2, 0.25) is 0 Å². The van der Waals surface area contributed by atoms with Gasteiger partial charge in [-0.25, -0.2) is 4.39 Å². The Kier molecular flexibility index (Phi) is 7.74. The first-order valence-electron chi connectivity index (χ1n) is 9.22. The van der Waals surface area contributed by atoms with Gasteiger partial charge in [-0.1, -0.05) is 53.9 Å². The third-order valence-corrected chi connectivity index (χ3v) is 6.80. The first-order chi connectivity index (χ1) is 13.7. The number of nitrogens with one attached hydrogen (secondary N) is 1. The number of aliphatic imine (C=N–C) groups is 2. The average molecular weight is 483 g/mol. The molecule has 2 aromatic carbocycles. The monoisotopic (exact) mass is 482 g/mol. The van der Waals surface area contributed by atoms with Crippen LogP contribution in [0.2, 0.25) is 0 Å². The molecular formula is C21H21Cl2FN4S2. The van der Waals surface area contributed by atoms with Crippen LogP contribution < -0.4 is 5.32 Å². The van der Waals surface area contributed by atoms with Crippen LogP contribution in [0.4, 0.5) is 10.1 Å². The SMILES string of the molecule is Cl.Cl.Fc1cccc(CC2CN3C(CSC4=NCc5ccccc5N4)=CSC3=N2)c1. The lowest BCUT2D eigenvalue weighted by molar-refractivity contribution is 0.511. The van der Waals surface area contributed by atoms with Gasteiger partial charge in [-0.15, -0.1) is 24.8 Å². The zero-order valence-electron chi connectivity index (χ0n) is 16.0. The van der Waals surface area contributed by atoms with Gasteiger partial charge in [-0.3, -0.25) is 9.98 Å². The highest BCUT2D eigenvalue weighted by atomic mass is 35.5. The Bertz CT molecular complexity index is 1010. The molecule has 3 aliphatic heterocycles. The van der Waals surface area contributed by atoms with Gasteiger partial charge in [-0.05, 0) is 41.2 Å². The van der Waals surface area contributed by atoms with Crippen molar-refractivity contribution in [3.8, 4) is 0 Å². The van der Waals surface area contributed by atoms with Crippen LogP contribution in [0, 0.1) is 5.82 Å². The number of benzene rings is 2. The molecule has 2 aromatic rings. The van der Waals surface area contributed by atoms with Crippen molar-refractivity contribution >= 4 is 64.4 Å². The van der Waals surface area contributed by atoms with E-state index in [1.165, 1.54) is 17.3 Å². The summed E-state index contributed by atoms with van der Waals surface area (Å²) in [4.78, 5) is 11.8. The number of halogens is 3. The Balaban J connectivity index is 0.00000128. The van der Waals surface area contributed by atoms with Crippen molar-refractivity contribution in [1.29, 1.82) is 0 Å². The minimum atomic E-state index is -0.183. The molecule has 5 rings (SSSR count). The molecule has 0 amide bonds. The second kappa shape index (κ2) is 10.1. The predicted molar refractivity (Wildman–Crippen MR) is 132 cm³/mol. The van der Waals surface area contributed by atoms with E-state index in [2.05, 4.69) is 32.7 Å². The van der Waals surface area contributed by atoms with Crippen LogP contribution in [-0.4, -0.2) is 33.6 Å². The molecule has 0 saturated heterocycles. The number of hydrogen-bond acceptors (Lipinski definition) is 6. The number of para-hydroxylation sites is 1. The number of amidine groups is 2. The van der Waals surface area contributed by atoms with E-state index in [1.807, 2.05) is 18.2 Å². The van der Waals surface area contributed by atoms with Gasteiger partial charge in [0, 0.05) is 23.7 Å². The summed E-state index contributed by atoms with van der Waals surface area (Å²) in [6.45, 7) is 1.58. The normalized spacial score (nSPS) is 18.8. The Morgan fingerprint density at radius 3 is 2.90 bits per heavy atom.